The molecule has 1 heterocycles. The summed E-state index contributed by atoms with van der Waals surface area (Å²) in [6, 6.07) is 3.35. The van der Waals surface area contributed by atoms with E-state index in [9.17, 15) is 8.42 Å². The molecule has 0 aliphatic rings. The Morgan fingerprint density at radius 1 is 1.50 bits per heavy atom. The van der Waals surface area contributed by atoms with Crippen molar-refractivity contribution in [2.24, 2.45) is 5.73 Å². The van der Waals surface area contributed by atoms with E-state index in [4.69, 9.17) is 5.73 Å². The highest BCUT2D eigenvalue weighted by atomic mass is 32.2. The summed E-state index contributed by atoms with van der Waals surface area (Å²) in [7, 11) is -3.33. The van der Waals surface area contributed by atoms with Gasteiger partial charge < -0.3 is 5.73 Å². The topological polar surface area (TPSA) is 72.2 Å². The SMILES string of the molecule is CSCCCNS(=O)(=O)c1ccc(CN)s1. The average molecular weight is 280 g/mol. The van der Waals surface area contributed by atoms with Crippen LogP contribution in [0.3, 0.4) is 0 Å². The second kappa shape index (κ2) is 6.61. The van der Waals surface area contributed by atoms with Crippen LogP contribution in [0.1, 0.15) is 11.3 Å². The van der Waals surface area contributed by atoms with Crippen LogP contribution in [0.2, 0.25) is 0 Å². The van der Waals surface area contributed by atoms with Crippen LogP contribution in [0.25, 0.3) is 0 Å². The number of sulfonamides is 1. The van der Waals surface area contributed by atoms with Gasteiger partial charge in [-0.3, -0.25) is 0 Å². The predicted octanol–water partition coefficient (Wildman–Crippen LogP) is 1.24. The number of hydrogen-bond acceptors (Lipinski definition) is 5. The van der Waals surface area contributed by atoms with Gasteiger partial charge >= 0.3 is 0 Å². The maximum atomic E-state index is 11.8. The van der Waals surface area contributed by atoms with Gasteiger partial charge in [-0.15, -0.1) is 11.3 Å². The molecule has 0 spiro atoms. The van der Waals surface area contributed by atoms with Gasteiger partial charge in [0.1, 0.15) is 4.21 Å². The van der Waals surface area contributed by atoms with Gasteiger partial charge in [0.05, 0.1) is 0 Å². The number of thiophene rings is 1. The molecular weight excluding hydrogens is 264 g/mol. The van der Waals surface area contributed by atoms with Gasteiger partial charge in [0, 0.05) is 18.0 Å². The molecule has 0 fully saturated rings. The zero-order valence-corrected chi connectivity index (χ0v) is 11.6. The number of nitrogens with two attached hydrogens (primary N) is 1. The van der Waals surface area contributed by atoms with E-state index in [1.807, 2.05) is 6.26 Å². The highest BCUT2D eigenvalue weighted by molar-refractivity contribution is 7.98. The number of nitrogens with one attached hydrogen (secondary N) is 1. The minimum Gasteiger partial charge on any atom is -0.326 e. The first-order valence-corrected chi connectivity index (χ1v) is 8.57. The summed E-state index contributed by atoms with van der Waals surface area (Å²) >= 11 is 2.93. The minimum atomic E-state index is -3.33. The lowest BCUT2D eigenvalue weighted by Gasteiger charge is -2.03. The van der Waals surface area contributed by atoms with E-state index < -0.39 is 10.0 Å². The third kappa shape index (κ3) is 4.06. The van der Waals surface area contributed by atoms with Crippen LogP contribution in [-0.2, 0) is 16.6 Å². The summed E-state index contributed by atoms with van der Waals surface area (Å²) in [6.45, 7) is 0.867. The van der Waals surface area contributed by atoms with Crippen LogP contribution in [0.4, 0.5) is 0 Å². The number of thioether (sulfide) groups is 1. The van der Waals surface area contributed by atoms with E-state index in [0.717, 1.165) is 17.1 Å². The Kier molecular flexibility index (Phi) is 5.77. The summed E-state index contributed by atoms with van der Waals surface area (Å²) in [5.41, 5.74) is 5.44. The summed E-state index contributed by atoms with van der Waals surface area (Å²) in [5.74, 6) is 0.959. The average Bonchev–Trinajstić information content (AvgIpc) is 2.73. The first-order chi connectivity index (χ1) is 7.60. The molecule has 7 heteroatoms. The second-order valence-electron chi connectivity index (χ2n) is 3.17. The summed E-state index contributed by atoms with van der Waals surface area (Å²) in [5, 5.41) is 0. The summed E-state index contributed by atoms with van der Waals surface area (Å²) < 4.78 is 26.5. The maximum Gasteiger partial charge on any atom is 0.250 e. The van der Waals surface area contributed by atoms with Crippen LogP contribution in [0.15, 0.2) is 16.3 Å². The van der Waals surface area contributed by atoms with Gasteiger partial charge in [-0.1, -0.05) is 0 Å². The van der Waals surface area contributed by atoms with Crippen molar-refractivity contribution >= 4 is 33.1 Å². The van der Waals surface area contributed by atoms with Gasteiger partial charge in [0.2, 0.25) is 10.0 Å². The Hall–Kier alpha value is -0.0800. The zero-order valence-electron chi connectivity index (χ0n) is 9.10. The molecule has 3 N–H and O–H groups in total. The molecule has 4 nitrogen and oxygen atoms in total. The molecule has 0 saturated carbocycles. The van der Waals surface area contributed by atoms with Crippen LogP contribution in [0.5, 0.6) is 0 Å². The minimum absolute atomic E-state index is 0.345. The highest BCUT2D eigenvalue weighted by Crippen LogP contribution is 2.20. The first-order valence-electron chi connectivity index (χ1n) is 4.87. The molecule has 0 unspecified atom stereocenters. The van der Waals surface area contributed by atoms with Gasteiger partial charge in [0.25, 0.3) is 0 Å². The quantitative estimate of drug-likeness (QED) is 0.737. The highest BCUT2D eigenvalue weighted by Gasteiger charge is 2.15. The van der Waals surface area contributed by atoms with Crippen molar-refractivity contribution in [1.82, 2.24) is 4.72 Å². The van der Waals surface area contributed by atoms with Crippen LogP contribution >= 0.6 is 23.1 Å². The molecule has 1 aromatic rings. The lowest BCUT2D eigenvalue weighted by molar-refractivity contribution is 0.583. The molecule has 92 valence electrons. The molecule has 0 amide bonds. The van der Waals surface area contributed by atoms with Crippen LogP contribution in [0, 0.1) is 0 Å². The second-order valence-corrected chi connectivity index (χ2v) is 7.32. The molecular formula is C9H16N2O2S3. The van der Waals surface area contributed by atoms with Crippen molar-refractivity contribution in [3.8, 4) is 0 Å². The van der Waals surface area contributed by atoms with Gasteiger partial charge in [-0.05, 0) is 30.6 Å². The Morgan fingerprint density at radius 3 is 2.81 bits per heavy atom. The Labute approximate surface area is 105 Å². The molecule has 0 aromatic carbocycles. The van der Waals surface area contributed by atoms with E-state index in [2.05, 4.69) is 4.72 Å². The van der Waals surface area contributed by atoms with Crippen molar-refractivity contribution in [3.05, 3.63) is 17.0 Å². The van der Waals surface area contributed by atoms with E-state index in [1.54, 1.807) is 23.9 Å². The number of hydrogen-bond donors (Lipinski definition) is 2. The van der Waals surface area contributed by atoms with Gasteiger partial charge in [-0.25, -0.2) is 13.1 Å². The third-order valence-electron chi connectivity index (χ3n) is 1.92. The van der Waals surface area contributed by atoms with Crippen LogP contribution in [-0.4, -0.2) is 27.0 Å². The normalized spacial score (nSPS) is 11.9. The molecule has 0 radical (unpaired) electrons. The summed E-state index contributed by atoms with van der Waals surface area (Å²) in [6.07, 6.45) is 2.84. The van der Waals surface area contributed by atoms with E-state index in [-0.39, 0.29) is 0 Å². The molecule has 0 aliphatic carbocycles. The van der Waals surface area contributed by atoms with Crippen molar-refractivity contribution in [2.75, 3.05) is 18.6 Å². The molecule has 16 heavy (non-hydrogen) atoms. The molecule has 1 rings (SSSR count). The third-order valence-corrected chi connectivity index (χ3v) is 5.68. The molecule has 0 saturated heterocycles. The Balaban J connectivity index is 2.56. The van der Waals surface area contributed by atoms with E-state index in [1.165, 1.54) is 11.3 Å². The lowest BCUT2D eigenvalue weighted by atomic mass is 10.5. The van der Waals surface area contributed by atoms with Crippen LogP contribution < -0.4 is 10.5 Å². The number of rotatable bonds is 7. The fourth-order valence-corrected chi connectivity index (χ4v) is 3.89. The van der Waals surface area contributed by atoms with Crippen molar-refractivity contribution in [3.63, 3.8) is 0 Å². The van der Waals surface area contributed by atoms with Crippen molar-refractivity contribution in [1.29, 1.82) is 0 Å². The standard InChI is InChI=1S/C9H16N2O2S3/c1-14-6-2-5-11-16(12,13)9-4-3-8(7-10)15-9/h3-4,11H,2,5-7,10H2,1H3. The van der Waals surface area contributed by atoms with Gasteiger partial charge in [0.15, 0.2) is 0 Å². The molecule has 1 aromatic heterocycles. The largest absolute Gasteiger partial charge is 0.326 e. The monoisotopic (exact) mass is 280 g/mol. The molecule has 0 atom stereocenters. The first kappa shape index (κ1) is 14.0. The van der Waals surface area contributed by atoms with Crippen molar-refractivity contribution < 1.29 is 8.42 Å². The molecule has 0 aliphatic heterocycles. The lowest BCUT2D eigenvalue weighted by Crippen LogP contribution is -2.24. The van der Waals surface area contributed by atoms with E-state index in [0.29, 0.717) is 17.3 Å². The maximum absolute atomic E-state index is 11.8. The molecule has 0 bridgehead atoms. The fraction of sp³-hybridized carbons (Fsp3) is 0.556. The predicted molar refractivity (Wildman–Crippen MR) is 70.4 cm³/mol. The van der Waals surface area contributed by atoms with Crippen molar-refractivity contribution in [2.45, 2.75) is 17.2 Å². The van der Waals surface area contributed by atoms with Gasteiger partial charge in [-0.2, -0.15) is 11.8 Å². The Morgan fingerprint density at radius 2 is 2.25 bits per heavy atom. The smallest absolute Gasteiger partial charge is 0.250 e. The summed E-state index contributed by atoms with van der Waals surface area (Å²) in [4.78, 5) is 0.879. The zero-order chi connectivity index (χ0) is 12.0. The Bertz CT molecular complexity index is 414. The van der Waals surface area contributed by atoms with E-state index >= 15 is 0 Å². The fourth-order valence-electron chi connectivity index (χ4n) is 1.11.